The van der Waals surface area contributed by atoms with Crippen molar-refractivity contribution < 1.29 is 45.0 Å². The van der Waals surface area contributed by atoms with Gasteiger partial charge in [-0.3, -0.25) is 29.1 Å². The van der Waals surface area contributed by atoms with Crippen LogP contribution in [0, 0.1) is 11.8 Å². The van der Waals surface area contributed by atoms with Gasteiger partial charge < -0.3 is 36.0 Å². The Morgan fingerprint density at radius 2 is 1.71 bits per heavy atom. The number of amides is 1. The summed E-state index contributed by atoms with van der Waals surface area (Å²) in [6.07, 6.45) is -0.199. The fourth-order valence-electron chi connectivity index (χ4n) is 7.07. The number of Topliss-reactive ketones (excluding diaryl/α,β-unsaturated/α-hetero) is 2. The lowest BCUT2D eigenvalue weighted by Gasteiger charge is -2.53. The Labute approximate surface area is 243 Å². The highest BCUT2D eigenvalue weighted by atomic mass is 16.3. The van der Waals surface area contributed by atoms with Crippen molar-refractivity contribution in [2.75, 3.05) is 60.1 Å². The molecule has 13 heteroatoms. The highest BCUT2D eigenvalue weighted by molar-refractivity contribution is 6.25. The molecule has 1 aromatic rings. The van der Waals surface area contributed by atoms with E-state index in [1.165, 1.54) is 30.0 Å². The van der Waals surface area contributed by atoms with E-state index < -0.39 is 69.2 Å². The summed E-state index contributed by atoms with van der Waals surface area (Å²) in [6, 6.07) is 3.06. The van der Waals surface area contributed by atoms with Gasteiger partial charge in [-0.05, 0) is 39.1 Å². The summed E-state index contributed by atoms with van der Waals surface area (Å²) in [7, 11) is 3.10. The molecule has 4 aliphatic rings. The SMILES string of the molecule is CN(C)C1C(=O)C(C(=O)NCN2CCN(CCO)CC2)=C(O)C2(O)C(=O)C3=C(O)c4c(O)cccc4C(C)(O)C3CC12. The predicted octanol–water partition coefficient (Wildman–Crippen LogP) is -1.17. The number of aliphatic hydroxyl groups excluding tert-OH is 3. The number of hydrogen-bond donors (Lipinski definition) is 7. The highest BCUT2D eigenvalue weighted by Gasteiger charge is 2.66. The minimum absolute atomic E-state index is 0.0442. The molecule has 13 nitrogen and oxygen atoms in total. The molecule has 7 N–H and O–H groups in total. The number of carbonyl (C=O) groups is 3. The Hall–Kier alpha value is -3.33. The monoisotopic (exact) mass is 586 g/mol. The van der Waals surface area contributed by atoms with Crippen LogP contribution in [0.15, 0.2) is 35.1 Å². The summed E-state index contributed by atoms with van der Waals surface area (Å²) >= 11 is 0. The first-order valence-electron chi connectivity index (χ1n) is 14.0. The molecule has 0 spiro atoms. The van der Waals surface area contributed by atoms with Gasteiger partial charge in [0.1, 0.15) is 22.8 Å². The molecule has 0 bridgehead atoms. The number of phenols is 1. The quantitative estimate of drug-likeness (QED) is 0.198. The fraction of sp³-hybridized carbons (Fsp3) is 0.552. The van der Waals surface area contributed by atoms with Crippen molar-refractivity contribution in [3.8, 4) is 5.75 Å². The standard InChI is InChI=1S/C29H38N4O9/c1-28(41)15-5-4-6-18(35)19(15)23(36)20-16(28)13-17-22(31(2)3)24(37)21(26(39)29(17,42)25(20)38)27(40)30-14-33-9-7-32(8-10-33)11-12-34/h4-6,16-17,22,34-36,39,41-42H,7-14H2,1-3H3,(H,30,40). The first kappa shape index (κ1) is 30.1. The number of β-amino-alcohol motifs (C(OH)–C–C–N with tert-alkyl or cyclic N) is 1. The van der Waals surface area contributed by atoms with E-state index in [1.807, 2.05) is 4.90 Å². The number of aliphatic hydroxyl groups is 5. The molecule has 42 heavy (non-hydrogen) atoms. The molecule has 3 aliphatic carbocycles. The largest absolute Gasteiger partial charge is 0.508 e. The number of hydrogen-bond acceptors (Lipinski definition) is 12. The molecule has 1 amide bonds. The van der Waals surface area contributed by atoms with Crippen LogP contribution in [0.4, 0.5) is 0 Å². The van der Waals surface area contributed by atoms with E-state index in [4.69, 9.17) is 5.11 Å². The van der Waals surface area contributed by atoms with E-state index in [-0.39, 0.29) is 36.6 Å². The molecular weight excluding hydrogens is 548 g/mol. The zero-order chi connectivity index (χ0) is 30.7. The number of phenolic OH excluding ortho intramolecular Hbond substituents is 1. The van der Waals surface area contributed by atoms with Crippen LogP contribution >= 0.6 is 0 Å². The Bertz CT molecular complexity index is 1380. The maximum Gasteiger partial charge on any atom is 0.259 e. The molecule has 0 radical (unpaired) electrons. The van der Waals surface area contributed by atoms with Gasteiger partial charge in [0, 0.05) is 50.1 Å². The van der Waals surface area contributed by atoms with E-state index in [1.54, 1.807) is 14.1 Å². The third kappa shape index (κ3) is 4.43. The topological polar surface area (TPSA) is 194 Å². The van der Waals surface area contributed by atoms with Crippen molar-refractivity contribution in [1.82, 2.24) is 20.0 Å². The van der Waals surface area contributed by atoms with Crippen LogP contribution in [-0.2, 0) is 20.0 Å². The Morgan fingerprint density at radius 3 is 2.33 bits per heavy atom. The van der Waals surface area contributed by atoms with Crippen LogP contribution < -0.4 is 5.32 Å². The molecule has 1 heterocycles. The van der Waals surface area contributed by atoms with Crippen LogP contribution in [0.2, 0.25) is 0 Å². The van der Waals surface area contributed by atoms with E-state index in [0.717, 1.165) is 0 Å². The minimum atomic E-state index is -2.76. The zero-order valence-electron chi connectivity index (χ0n) is 23.9. The lowest BCUT2D eigenvalue weighted by molar-refractivity contribution is -0.159. The van der Waals surface area contributed by atoms with Crippen LogP contribution in [-0.4, -0.2) is 135 Å². The molecule has 5 atom stereocenters. The highest BCUT2D eigenvalue weighted by Crippen LogP contribution is 2.57. The van der Waals surface area contributed by atoms with Gasteiger partial charge in [0.25, 0.3) is 5.91 Å². The summed E-state index contributed by atoms with van der Waals surface area (Å²) in [5, 5.41) is 68.5. The third-order valence-corrected chi connectivity index (χ3v) is 9.35. The van der Waals surface area contributed by atoms with Crippen molar-refractivity contribution in [2.45, 2.75) is 30.6 Å². The molecule has 1 aromatic carbocycles. The first-order valence-corrected chi connectivity index (χ1v) is 14.0. The molecule has 1 saturated heterocycles. The van der Waals surface area contributed by atoms with Gasteiger partial charge in [0.15, 0.2) is 11.4 Å². The molecule has 2 fully saturated rings. The number of carbonyl (C=O) groups excluding carboxylic acids is 3. The number of aromatic hydroxyl groups is 1. The average Bonchev–Trinajstić information content (AvgIpc) is 2.93. The summed E-state index contributed by atoms with van der Waals surface area (Å²) in [5.74, 6) is -7.39. The normalized spacial score (nSPS) is 32.1. The molecule has 5 unspecified atom stereocenters. The summed E-state index contributed by atoms with van der Waals surface area (Å²) in [4.78, 5) is 46.7. The summed E-state index contributed by atoms with van der Waals surface area (Å²) in [5.41, 5.74) is -5.68. The molecule has 5 rings (SSSR count). The van der Waals surface area contributed by atoms with E-state index in [9.17, 15) is 39.9 Å². The smallest absolute Gasteiger partial charge is 0.259 e. The van der Waals surface area contributed by atoms with Gasteiger partial charge in [-0.2, -0.15) is 0 Å². The zero-order valence-corrected chi connectivity index (χ0v) is 23.9. The van der Waals surface area contributed by atoms with E-state index in [0.29, 0.717) is 32.7 Å². The second kappa shape index (κ2) is 10.7. The lowest BCUT2D eigenvalue weighted by atomic mass is 9.54. The summed E-state index contributed by atoms with van der Waals surface area (Å²) in [6.45, 7) is 4.58. The van der Waals surface area contributed by atoms with Crippen LogP contribution in [0.1, 0.15) is 24.5 Å². The number of piperazine rings is 1. The average molecular weight is 587 g/mol. The van der Waals surface area contributed by atoms with Gasteiger partial charge in [0.05, 0.1) is 30.5 Å². The number of nitrogens with zero attached hydrogens (tertiary/aromatic N) is 3. The van der Waals surface area contributed by atoms with Crippen LogP contribution in [0.5, 0.6) is 5.75 Å². The van der Waals surface area contributed by atoms with Crippen molar-refractivity contribution in [1.29, 1.82) is 0 Å². The van der Waals surface area contributed by atoms with Crippen LogP contribution in [0.3, 0.4) is 0 Å². The van der Waals surface area contributed by atoms with Gasteiger partial charge in [-0.25, -0.2) is 0 Å². The fourth-order valence-corrected chi connectivity index (χ4v) is 7.07. The number of ketones is 2. The van der Waals surface area contributed by atoms with Crippen molar-refractivity contribution in [3.05, 3.63) is 46.2 Å². The molecule has 228 valence electrons. The summed E-state index contributed by atoms with van der Waals surface area (Å²) < 4.78 is 0. The van der Waals surface area contributed by atoms with Gasteiger partial charge >= 0.3 is 0 Å². The molecule has 0 aromatic heterocycles. The van der Waals surface area contributed by atoms with Crippen molar-refractivity contribution in [2.24, 2.45) is 11.8 Å². The van der Waals surface area contributed by atoms with Gasteiger partial charge in [0.2, 0.25) is 5.78 Å². The second-order valence-electron chi connectivity index (χ2n) is 11.9. The molecule has 1 aliphatic heterocycles. The van der Waals surface area contributed by atoms with E-state index >= 15 is 0 Å². The van der Waals surface area contributed by atoms with Gasteiger partial charge in [-0.1, -0.05) is 12.1 Å². The van der Waals surface area contributed by atoms with Crippen molar-refractivity contribution in [3.63, 3.8) is 0 Å². The maximum absolute atomic E-state index is 14.1. The molecule has 1 saturated carbocycles. The molecular formula is C29H38N4O9. The number of likely N-dealkylation sites (N-methyl/N-ethyl adjacent to an activating group) is 1. The number of nitrogens with one attached hydrogen (secondary N) is 1. The predicted molar refractivity (Wildman–Crippen MR) is 149 cm³/mol. The number of benzene rings is 1. The lowest BCUT2D eigenvalue weighted by Crippen LogP contribution is -2.67. The van der Waals surface area contributed by atoms with Crippen molar-refractivity contribution >= 4 is 23.2 Å². The minimum Gasteiger partial charge on any atom is -0.508 e. The van der Waals surface area contributed by atoms with Gasteiger partial charge in [-0.15, -0.1) is 0 Å². The van der Waals surface area contributed by atoms with E-state index in [2.05, 4.69) is 10.2 Å². The Balaban J connectivity index is 1.53. The first-order chi connectivity index (χ1) is 19.8. The van der Waals surface area contributed by atoms with Crippen LogP contribution in [0.25, 0.3) is 5.76 Å². The maximum atomic E-state index is 14.1. The Kier molecular flexibility index (Phi) is 7.71. The Morgan fingerprint density at radius 1 is 1.07 bits per heavy atom. The third-order valence-electron chi connectivity index (χ3n) is 9.35. The second-order valence-corrected chi connectivity index (χ2v) is 11.9. The number of fused-ring (bicyclic) bond motifs is 3. The number of rotatable bonds is 6.